The maximum atomic E-state index is 11.6. The molecule has 3 aromatic rings. The zero-order chi connectivity index (χ0) is 21.1. The van der Waals surface area contributed by atoms with Crippen LogP contribution in [0.3, 0.4) is 0 Å². The molecule has 0 saturated heterocycles. The van der Waals surface area contributed by atoms with E-state index in [0.717, 1.165) is 39.3 Å². The summed E-state index contributed by atoms with van der Waals surface area (Å²) in [5.74, 6) is 1.24. The van der Waals surface area contributed by atoms with Gasteiger partial charge in [-0.3, -0.25) is 4.68 Å². The Hall–Kier alpha value is -2.99. The molecule has 29 heavy (non-hydrogen) atoms. The highest BCUT2D eigenvalue weighted by Crippen LogP contribution is 2.31. The lowest BCUT2D eigenvalue weighted by atomic mass is 10.1. The quantitative estimate of drug-likeness (QED) is 0.641. The number of halogens is 1. The minimum Gasteiger partial charge on any atom is -0.488 e. The van der Waals surface area contributed by atoms with Crippen molar-refractivity contribution in [1.82, 2.24) is 15.1 Å². The van der Waals surface area contributed by atoms with Crippen LogP contribution in [0.5, 0.6) is 11.5 Å². The molecule has 0 aliphatic rings. The Morgan fingerprint density at radius 3 is 2.52 bits per heavy atom. The molecule has 0 radical (unpaired) electrons. The van der Waals surface area contributed by atoms with Crippen LogP contribution in [0.25, 0.3) is 11.3 Å². The number of carbonyl (C=O) groups excluding carboxylic acids is 1. The van der Waals surface area contributed by atoms with E-state index in [2.05, 4.69) is 10.4 Å². The first kappa shape index (κ1) is 20.7. The Morgan fingerprint density at radius 2 is 1.90 bits per heavy atom. The van der Waals surface area contributed by atoms with Gasteiger partial charge in [-0.25, -0.2) is 4.79 Å². The third kappa shape index (κ3) is 4.38. The van der Waals surface area contributed by atoms with Crippen LogP contribution in [0.15, 0.2) is 36.4 Å². The number of benzene rings is 2. The molecule has 6 nitrogen and oxygen atoms in total. The first-order valence-electron chi connectivity index (χ1n) is 9.22. The van der Waals surface area contributed by atoms with Crippen LogP contribution >= 0.6 is 11.6 Å². The number of aromatic nitrogens is 2. The first-order valence-corrected chi connectivity index (χ1v) is 9.60. The van der Waals surface area contributed by atoms with Crippen LogP contribution in [-0.4, -0.2) is 22.9 Å². The summed E-state index contributed by atoms with van der Waals surface area (Å²) in [7, 11) is 3.35. The lowest BCUT2D eigenvalue weighted by Gasteiger charge is -2.15. The Bertz CT molecular complexity index is 1060. The third-order valence-corrected chi connectivity index (χ3v) is 5.32. The van der Waals surface area contributed by atoms with E-state index in [1.54, 1.807) is 10.7 Å². The van der Waals surface area contributed by atoms with Gasteiger partial charge >= 0.3 is 6.09 Å². The fraction of sp³-hybridized carbons (Fsp3) is 0.273. The van der Waals surface area contributed by atoms with Gasteiger partial charge in [0, 0.05) is 30.8 Å². The summed E-state index contributed by atoms with van der Waals surface area (Å²) in [5, 5.41) is 7.57. The number of rotatable bonds is 5. The first-order chi connectivity index (χ1) is 13.8. The Kier molecular flexibility index (Phi) is 6.13. The molecule has 2 aromatic carbocycles. The number of nitrogens with one attached hydrogen (secondary N) is 1. The SMILES string of the molecule is CNC(=O)Oc1cccc(C)c1COc1ccc(-c2nn(C)c(Cl)c2C)cc1C. The van der Waals surface area contributed by atoms with Crippen molar-refractivity contribution in [3.05, 3.63) is 63.8 Å². The zero-order valence-corrected chi connectivity index (χ0v) is 17.9. The summed E-state index contributed by atoms with van der Waals surface area (Å²) >= 11 is 6.25. The van der Waals surface area contributed by atoms with Crippen LogP contribution in [0.2, 0.25) is 5.15 Å². The molecule has 1 aromatic heterocycles. The van der Waals surface area contributed by atoms with Crippen molar-refractivity contribution in [2.45, 2.75) is 27.4 Å². The summed E-state index contributed by atoms with van der Waals surface area (Å²) in [6.07, 6.45) is -0.512. The highest BCUT2D eigenvalue weighted by Gasteiger charge is 2.15. The van der Waals surface area contributed by atoms with Crippen LogP contribution in [0.1, 0.15) is 22.3 Å². The highest BCUT2D eigenvalue weighted by molar-refractivity contribution is 6.30. The van der Waals surface area contributed by atoms with Crippen molar-refractivity contribution in [2.75, 3.05) is 7.05 Å². The summed E-state index contributed by atoms with van der Waals surface area (Å²) in [6.45, 7) is 6.18. The van der Waals surface area contributed by atoms with Crippen molar-refractivity contribution >= 4 is 17.7 Å². The molecule has 0 saturated carbocycles. The third-order valence-electron chi connectivity index (χ3n) is 4.79. The van der Waals surface area contributed by atoms with Gasteiger partial charge in [-0.2, -0.15) is 5.10 Å². The van der Waals surface area contributed by atoms with Gasteiger partial charge in [0.2, 0.25) is 0 Å². The van der Waals surface area contributed by atoms with Gasteiger partial charge in [0.05, 0.1) is 5.69 Å². The zero-order valence-electron chi connectivity index (χ0n) is 17.2. The normalized spacial score (nSPS) is 10.7. The smallest absolute Gasteiger partial charge is 0.412 e. The number of carbonyl (C=O) groups is 1. The molecule has 0 spiro atoms. The molecule has 0 aliphatic heterocycles. The largest absolute Gasteiger partial charge is 0.488 e. The summed E-state index contributed by atoms with van der Waals surface area (Å²) in [5.41, 5.74) is 5.57. The molecule has 152 valence electrons. The van der Waals surface area contributed by atoms with E-state index in [-0.39, 0.29) is 6.61 Å². The van der Waals surface area contributed by atoms with Gasteiger partial charge < -0.3 is 14.8 Å². The standard InChI is InChI=1S/C22H24ClN3O3/c1-13-7-6-8-19(29-22(27)24-4)17(13)12-28-18-10-9-16(11-14(18)2)20-15(3)21(23)26(5)25-20/h6-11H,12H2,1-5H3,(H,24,27). The summed E-state index contributed by atoms with van der Waals surface area (Å²) in [4.78, 5) is 11.6. The Morgan fingerprint density at radius 1 is 1.14 bits per heavy atom. The van der Waals surface area contributed by atoms with Gasteiger partial charge in [0.15, 0.2) is 0 Å². The summed E-state index contributed by atoms with van der Waals surface area (Å²) < 4.78 is 13.1. The van der Waals surface area contributed by atoms with Gasteiger partial charge in [-0.05, 0) is 56.2 Å². The minimum atomic E-state index is -0.512. The molecule has 0 fully saturated rings. The van der Waals surface area contributed by atoms with Crippen molar-refractivity contribution in [3.8, 4) is 22.8 Å². The number of ether oxygens (including phenoxy) is 2. The molecule has 7 heteroatoms. The number of amides is 1. The molecular formula is C22H24ClN3O3. The maximum absolute atomic E-state index is 11.6. The van der Waals surface area contributed by atoms with Crippen LogP contribution in [0, 0.1) is 20.8 Å². The van der Waals surface area contributed by atoms with Crippen molar-refractivity contribution in [3.63, 3.8) is 0 Å². The van der Waals surface area contributed by atoms with E-state index in [0.29, 0.717) is 10.9 Å². The van der Waals surface area contributed by atoms with Crippen LogP contribution in [-0.2, 0) is 13.7 Å². The van der Waals surface area contributed by atoms with E-state index in [1.807, 2.05) is 58.2 Å². The topological polar surface area (TPSA) is 65.4 Å². The van der Waals surface area contributed by atoms with E-state index in [4.69, 9.17) is 21.1 Å². The number of aryl methyl sites for hydroxylation is 3. The maximum Gasteiger partial charge on any atom is 0.412 e. The van der Waals surface area contributed by atoms with Crippen LogP contribution < -0.4 is 14.8 Å². The van der Waals surface area contributed by atoms with Gasteiger partial charge in [-0.1, -0.05) is 23.7 Å². The number of hydrogen-bond donors (Lipinski definition) is 1. The molecule has 3 rings (SSSR count). The molecule has 1 amide bonds. The molecular weight excluding hydrogens is 390 g/mol. The van der Waals surface area contributed by atoms with Crippen molar-refractivity contribution in [2.24, 2.45) is 7.05 Å². The predicted molar refractivity (Wildman–Crippen MR) is 114 cm³/mol. The molecule has 1 heterocycles. The van der Waals surface area contributed by atoms with Gasteiger partial charge in [0.1, 0.15) is 23.3 Å². The number of nitrogens with zero attached hydrogens (tertiary/aromatic N) is 2. The fourth-order valence-electron chi connectivity index (χ4n) is 3.10. The predicted octanol–water partition coefficient (Wildman–Crippen LogP) is 4.96. The van der Waals surface area contributed by atoms with Crippen molar-refractivity contribution in [1.29, 1.82) is 0 Å². The molecule has 0 atom stereocenters. The number of hydrogen-bond acceptors (Lipinski definition) is 4. The Labute approximate surface area is 175 Å². The average Bonchev–Trinajstić information content (AvgIpc) is 2.95. The minimum absolute atomic E-state index is 0.285. The van der Waals surface area contributed by atoms with Gasteiger partial charge in [0.25, 0.3) is 0 Å². The second-order valence-corrected chi connectivity index (χ2v) is 7.21. The van der Waals surface area contributed by atoms with Crippen molar-refractivity contribution < 1.29 is 14.3 Å². The fourth-order valence-corrected chi connectivity index (χ4v) is 3.23. The van der Waals surface area contributed by atoms with Crippen LogP contribution in [0.4, 0.5) is 4.79 Å². The van der Waals surface area contributed by atoms with Gasteiger partial charge in [-0.15, -0.1) is 0 Å². The molecule has 0 bridgehead atoms. The monoisotopic (exact) mass is 413 g/mol. The lowest BCUT2D eigenvalue weighted by Crippen LogP contribution is -2.23. The Balaban J connectivity index is 1.82. The lowest BCUT2D eigenvalue weighted by molar-refractivity contribution is 0.201. The van der Waals surface area contributed by atoms with E-state index < -0.39 is 6.09 Å². The van der Waals surface area contributed by atoms with E-state index >= 15 is 0 Å². The molecule has 0 unspecified atom stereocenters. The highest BCUT2D eigenvalue weighted by atomic mass is 35.5. The summed E-state index contributed by atoms with van der Waals surface area (Å²) in [6, 6.07) is 11.5. The molecule has 1 N–H and O–H groups in total. The molecule has 0 aliphatic carbocycles. The second-order valence-electron chi connectivity index (χ2n) is 6.85. The van der Waals surface area contributed by atoms with E-state index in [9.17, 15) is 4.79 Å². The average molecular weight is 414 g/mol. The van der Waals surface area contributed by atoms with E-state index in [1.165, 1.54) is 7.05 Å². The second kappa shape index (κ2) is 8.57.